The number of pyridine rings is 1. The Hall–Kier alpha value is -3.31. The van der Waals surface area contributed by atoms with Crippen molar-refractivity contribution >= 4 is 29.3 Å². The molecule has 9 nitrogen and oxygen atoms in total. The Kier molecular flexibility index (Phi) is 8.00. The minimum Gasteiger partial charge on any atom is -0.417 e. The number of hydrogen-bond acceptors (Lipinski definition) is 7. The van der Waals surface area contributed by atoms with Crippen molar-refractivity contribution in [1.29, 1.82) is 0 Å². The van der Waals surface area contributed by atoms with Gasteiger partial charge >= 0.3 is 6.18 Å². The number of amides is 2. The van der Waals surface area contributed by atoms with Crippen LogP contribution >= 0.6 is 0 Å². The smallest absolute Gasteiger partial charge is 0.417 e. The van der Waals surface area contributed by atoms with Crippen molar-refractivity contribution in [3.8, 4) is 0 Å². The molecule has 0 bridgehead atoms. The fraction of sp³-hybridized carbons (Fsp3) is 0.583. The number of piperidine rings is 2. The van der Waals surface area contributed by atoms with Crippen molar-refractivity contribution in [3.63, 3.8) is 0 Å². The number of aromatic nitrogens is 2. The highest BCUT2D eigenvalue weighted by Crippen LogP contribution is 2.35. The first-order valence-corrected chi connectivity index (χ1v) is 12.4. The third-order valence-corrected chi connectivity index (χ3v) is 6.51. The van der Waals surface area contributed by atoms with Crippen LogP contribution in [-0.2, 0) is 11.0 Å². The molecule has 2 N–H and O–H groups in total. The predicted octanol–water partition coefficient (Wildman–Crippen LogP) is 4.07. The Balaban J connectivity index is 1.38. The van der Waals surface area contributed by atoms with E-state index in [2.05, 4.69) is 25.5 Å². The van der Waals surface area contributed by atoms with E-state index in [0.29, 0.717) is 37.8 Å². The molecule has 0 saturated carbocycles. The van der Waals surface area contributed by atoms with Gasteiger partial charge in [0, 0.05) is 39.1 Å². The van der Waals surface area contributed by atoms with Crippen molar-refractivity contribution in [2.24, 2.45) is 5.92 Å². The average Bonchev–Trinajstić information content (AvgIpc) is 3.33. The first kappa shape index (κ1) is 25.8. The van der Waals surface area contributed by atoms with E-state index in [0.717, 1.165) is 45.2 Å². The molecule has 4 heterocycles. The van der Waals surface area contributed by atoms with Crippen LogP contribution in [0.4, 0.5) is 30.7 Å². The van der Waals surface area contributed by atoms with Gasteiger partial charge in [0.15, 0.2) is 5.69 Å². The second kappa shape index (κ2) is 11.2. The van der Waals surface area contributed by atoms with E-state index in [1.165, 1.54) is 6.20 Å². The topological polar surface area (TPSA) is 104 Å². The van der Waals surface area contributed by atoms with E-state index >= 15 is 0 Å². The van der Waals surface area contributed by atoms with E-state index in [1.54, 1.807) is 17.0 Å². The molecule has 2 amide bonds. The minimum absolute atomic E-state index is 0.0673. The number of alkyl halides is 3. The molecule has 2 aromatic heterocycles. The molecule has 2 aliphatic rings. The van der Waals surface area contributed by atoms with Crippen molar-refractivity contribution in [2.45, 2.75) is 51.6 Å². The van der Waals surface area contributed by atoms with Crippen LogP contribution in [0.15, 0.2) is 22.7 Å². The molecule has 12 heteroatoms. The molecule has 4 rings (SSSR count). The number of carbonyl (C=O) groups is 2. The highest BCUT2D eigenvalue weighted by atomic mass is 19.4. The van der Waals surface area contributed by atoms with Gasteiger partial charge in [-0.1, -0.05) is 0 Å². The molecule has 2 aliphatic heterocycles. The van der Waals surface area contributed by atoms with Gasteiger partial charge in [-0.25, -0.2) is 4.98 Å². The number of carbonyl (C=O) groups excluding carboxylic acids is 2. The highest BCUT2D eigenvalue weighted by Gasteiger charge is 2.42. The van der Waals surface area contributed by atoms with Gasteiger partial charge < -0.3 is 24.9 Å². The maximum absolute atomic E-state index is 13.6. The summed E-state index contributed by atoms with van der Waals surface area (Å²) in [5.74, 6) is -0.795. The quantitative estimate of drug-likeness (QED) is 0.581. The van der Waals surface area contributed by atoms with E-state index in [1.807, 2.05) is 6.92 Å². The lowest BCUT2D eigenvalue weighted by atomic mass is 9.93. The molecule has 2 aromatic rings. The molecular formula is C24H31F3N6O3. The summed E-state index contributed by atoms with van der Waals surface area (Å²) in [4.78, 5) is 36.2. The fourth-order valence-electron chi connectivity index (χ4n) is 4.61. The van der Waals surface area contributed by atoms with Gasteiger partial charge in [0.1, 0.15) is 5.82 Å². The number of halogens is 3. The number of anilines is 3. The Morgan fingerprint density at radius 1 is 1.08 bits per heavy atom. The van der Waals surface area contributed by atoms with Crippen molar-refractivity contribution in [2.75, 3.05) is 47.8 Å². The summed E-state index contributed by atoms with van der Waals surface area (Å²) in [6.45, 7) is 5.08. The number of hydrogen-bond donors (Lipinski definition) is 2. The molecule has 0 unspecified atom stereocenters. The minimum atomic E-state index is -4.82. The van der Waals surface area contributed by atoms with E-state index in [9.17, 15) is 22.8 Å². The van der Waals surface area contributed by atoms with Gasteiger partial charge in [-0.15, -0.1) is 0 Å². The van der Waals surface area contributed by atoms with E-state index in [4.69, 9.17) is 4.42 Å². The van der Waals surface area contributed by atoms with Gasteiger partial charge in [-0.05, 0) is 57.1 Å². The van der Waals surface area contributed by atoms with Crippen molar-refractivity contribution in [3.05, 3.63) is 29.8 Å². The maximum Gasteiger partial charge on any atom is 0.437 e. The lowest BCUT2D eigenvalue weighted by Gasteiger charge is -2.32. The second-order valence-electron chi connectivity index (χ2n) is 9.17. The Labute approximate surface area is 207 Å². The summed E-state index contributed by atoms with van der Waals surface area (Å²) in [6, 6.07) is 3.12. The Morgan fingerprint density at radius 2 is 1.81 bits per heavy atom. The Bertz CT molecular complexity index is 1040. The Morgan fingerprint density at radius 3 is 2.42 bits per heavy atom. The summed E-state index contributed by atoms with van der Waals surface area (Å²) < 4.78 is 46.0. The van der Waals surface area contributed by atoms with Gasteiger partial charge in [0.05, 0.1) is 11.9 Å². The van der Waals surface area contributed by atoms with Crippen LogP contribution in [0.25, 0.3) is 0 Å². The maximum atomic E-state index is 13.6. The molecule has 2 fully saturated rings. The molecule has 0 atom stereocenters. The second-order valence-corrected chi connectivity index (χ2v) is 9.17. The van der Waals surface area contributed by atoms with E-state index < -0.39 is 23.5 Å². The summed E-state index contributed by atoms with van der Waals surface area (Å²) in [5.41, 5.74) is -1.08. The van der Waals surface area contributed by atoms with E-state index in [-0.39, 0.29) is 17.6 Å². The fourth-order valence-corrected chi connectivity index (χ4v) is 4.61. The standard InChI is InChI=1S/C24H31F3N6O3/c1-2-28-19(34)14-16-8-12-32(13-9-16)18-7-6-17(15-29-18)30-22(35)20-21(24(25,26)27)31-23(36-20)33-10-4-3-5-11-33/h6-7,15-16H,2-5,8-14H2,1H3,(H,28,34)(H,30,35). The van der Waals surface area contributed by atoms with Crippen LogP contribution < -0.4 is 20.4 Å². The normalized spacial score (nSPS) is 17.2. The summed E-state index contributed by atoms with van der Waals surface area (Å²) >= 11 is 0. The molecular weight excluding hydrogens is 477 g/mol. The lowest BCUT2D eigenvalue weighted by molar-refractivity contribution is -0.141. The van der Waals surface area contributed by atoms with Crippen LogP contribution in [0, 0.1) is 5.92 Å². The SMILES string of the molecule is CCNC(=O)CC1CCN(c2ccc(NC(=O)c3oc(N4CCCCC4)nc3C(F)(F)F)cn2)CC1. The summed E-state index contributed by atoms with van der Waals surface area (Å²) in [6.07, 6.45) is 1.47. The first-order valence-electron chi connectivity index (χ1n) is 12.4. The number of oxazole rings is 1. The molecule has 0 aromatic carbocycles. The third-order valence-electron chi connectivity index (χ3n) is 6.51. The molecule has 0 spiro atoms. The molecule has 36 heavy (non-hydrogen) atoms. The largest absolute Gasteiger partial charge is 0.437 e. The summed E-state index contributed by atoms with van der Waals surface area (Å²) in [5, 5.41) is 5.27. The summed E-state index contributed by atoms with van der Waals surface area (Å²) in [7, 11) is 0. The van der Waals surface area contributed by atoms with Crippen LogP contribution in [0.2, 0.25) is 0 Å². The van der Waals surface area contributed by atoms with Gasteiger partial charge in [0.25, 0.3) is 11.9 Å². The predicted molar refractivity (Wildman–Crippen MR) is 128 cm³/mol. The van der Waals surface area contributed by atoms with Crippen molar-refractivity contribution in [1.82, 2.24) is 15.3 Å². The average molecular weight is 509 g/mol. The molecule has 0 radical (unpaired) electrons. The zero-order chi connectivity index (χ0) is 25.7. The van der Waals surface area contributed by atoms with Crippen LogP contribution in [-0.4, -0.2) is 54.5 Å². The van der Waals surface area contributed by atoms with Gasteiger partial charge in [-0.3, -0.25) is 9.59 Å². The van der Waals surface area contributed by atoms with Crippen LogP contribution in [0.1, 0.15) is 61.7 Å². The number of nitrogens with zero attached hydrogens (tertiary/aromatic N) is 4. The number of rotatable bonds is 7. The first-order chi connectivity index (χ1) is 17.2. The third kappa shape index (κ3) is 6.27. The van der Waals surface area contributed by atoms with Crippen LogP contribution in [0.5, 0.6) is 0 Å². The van der Waals surface area contributed by atoms with Crippen molar-refractivity contribution < 1.29 is 27.2 Å². The molecule has 0 aliphatic carbocycles. The molecule has 196 valence electrons. The zero-order valence-electron chi connectivity index (χ0n) is 20.2. The number of nitrogens with one attached hydrogen (secondary N) is 2. The van der Waals surface area contributed by atoms with Gasteiger partial charge in [0.2, 0.25) is 11.7 Å². The van der Waals surface area contributed by atoms with Crippen LogP contribution in [0.3, 0.4) is 0 Å². The van der Waals surface area contributed by atoms with Gasteiger partial charge in [-0.2, -0.15) is 18.2 Å². The monoisotopic (exact) mass is 508 g/mol. The lowest BCUT2D eigenvalue weighted by Crippen LogP contribution is -2.36. The zero-order valence-corrected chi connectivity index (χ0v) is 20.2. The molecule has 2 saturated heterocycles. The highest BCUT2D eigenvalue weighted by molar-refractivity contribution is 6.03.